The molecule has 1 amide bonds. The van der Waals surface area contributed by atoms with E-state index in [0.29, 0.717) is 0 Å². The number of hydrogen-bond donors (Lipinski definition) is 3. The average Bonchev–Trinajstić information content (AvgIpc) is 2.37. The number of nitrogens with two attached hydrogens (primary N) is 1. The van der Waals surface area contributed by atoms with E-state index in [4.69, 9.17) is 11.0 Å². The summed E-state index contributed by atoms with van der Waals surface area (Å²) in [5, 5.41) is 38.3. The largest absolute Gasteiger partial charge is 0.389 e. The maximum Gasteiger partial charge on any atom is 0.270 e. The molecule has 1 rings (SSSR count). The summed E-state index contributed by atoms with van der Waals surface area (Å²) in [6.45, 7) is 0. The van der Waals surface area contributed by atoms with Crippen molar-refractivity contribution in [2.45, 2.75) is 18.6 Å². The molecule has 0 saturated heterocycles. The third-order valence-electron chi connectivity index (χ3n) is 2.44. The molecule has 8 heteroatoms. The predicted molar refractivity (Wildman–Crippen MR) is 62.8 cm³/mol. The molecule has 4 N–H and O–H groups in total. The molecule has 8 nitrogen and oxygen atoms in total. The van der Waals surface area contributed by atoms with E-state index in [-0.39, 0.29) is 17.5 Å². The Labute approximate surface area is 107 Å². The quantitative estimate of drug-likeness (QED) is 0.503. The number of aliphatic hydroxyl groups excluding tert-OH is 2. The molecule has 0 aliphatic rings. The third-order valence-corrected chi connectivity index (χ3v) is 2.44. The molecule has 0 aromatic heterocycles. The molecule has 0 radical (unpaired) electrons. The van der Waals surface area contributed by atoms with E-state index >= 15 is 0 Å². The van der Waals surface area contributed by atoms with Crippen molar-refractivity contribution < 1.29 is 19.9 Å². The first-order valence-electron chi connectivity index (χ1n) is 5.19. The number of aliphatic hydroxyl groups is 2. The topological polar surface area (TPSA) is 150 Å². The van der Waals surface area contributed by atoms with Crippen molar-refractivity contribution in [3.8, 4) is 6.07 Å². The Morgan fingerprint density at radius 3 is 2.58 bits per heavy atom. The molecule has 100 valence electrons. The lowest BCUT2D eigenvalue weighted by Crippen LogP contribution is -2.19. The Morgan fingerprint density at radius 1 is 1.47 bits per heavy atom. The molecule has 2 atom stereocenters. The molecule has 0 spiro atoms. The van der Waals surface area contributed by atoms with Crippen molar-refractivity contribution in [2.24, 2.45) is 5.73 Å². The van der Waals surface area contributed by atoms with Gasteiger partial charge in [-0.3, -0.25) is 14.9 Å². The predicted octanol–water partition coefficient (Wildman–Crippen LogP) is 0.00168. The van der Waals surface area contributed by atoms with Gasteiger partial charge < -0.3 is 15.9 Å². The Bertz CT molecular complexity index is 520. The van der Waals surface area contributed by atoms with Gasteiger partial charge in [0, 0.05) is 17.7 Å². The van der Waals surface area contributed by atoms with Gasteiger partial charge in [-0.2, -0.15) is 5.26 Å². The lowest BCUT2D eigenvalue weighted by atomic mass is 9.99. The first kappa shape index (κ1) is 14.6. The summed E-state index contributed by atoms with van der Waals surface area (Å²) >= 11 is 0. The summed E-state index contributed by atoms with van der Waals surface area (Å²) in [7, 11) is 0. The molecule has 0 aliphatic carbocycles. The number of nitro benzene ring substituents is 1. The highest BCUT2D eigenvalue weighted by atomic mass is 16.6. The van der Waals surface area contributed by atoms with Gasteiger partial charge in [0.1, 0.15) is 6.10 Å². The molecule has 2 unspecified atom stereocenters. The van der Waals surface area contributed by atoms with E-state index in [2.05, 4.69) is 0 Å². The van der Waals surface area contributed by atoms with Gasteiger partial charge in [-0.05, 0) is 11.6 Å². The maximum absolute atomic E-state index is 11.0. The van der Waals surface area contributed by atoms with Crippen LogP contribution in [0.15, 0.2) is 18.2 Å². The number of rotatable bonds is 5. The number of primary amides is 1. The fourth-order valence-electron chi connectivity index (χ4n) is 1.48. The molecule has 0 heterocycles. The van der Waals surface area contributed by atoms with Gasteiger partial charge in [0.15, 0.2) is 0 Å². The Hall–Kier alpha value is -2.50. The fraction of sp³-hybridized carbons (Fsp3) is 0.273. The van der Waals surface area contributed by atoms with Crippen LogP contribution in [0, 0.1) is 21.4 Å². The minimum absolute atomic E-state index is 0.0502. The minimum Gasteiger partial charge on any atom is -0.389 e. The van der Waals surface area contributed by atoms with Gasteiger partial charge >= 0.3 is 0 Å². The second kappa shape index (κ2) is 5.90. The van der Waals surface area contributed by atoms with Gasteiger partial charge in [0.05, 0.1) is 23.5 Å². The maximum atomic E-state index is 11.0. The van der Waals surface area contributed by atoms with E-state index in [9.17, 15) is 25.1 Å². The second-order valence-electron chi connectivity index (χ2n) is 3.81. The summed E-state index contributed by atoms with van der Waals surface area (Å²) in [6, 6.07) is 4.78. The molecule has 1 aromatic carbocycles. The number of benzene rings is 1. The number of nitrogens with zero attached hydrogens (tertiary/aromatic N) is 2. The minimum atomic E-state index is -1.52. The van der Waals surface area contributed by atoms with Gasteiger partial charge in [-0.1, -0.05) is 0 Å². The Balaban J connectivity index is 3.23. The molecule has 1 aromatic rings. The average molecular weight is 265 g/mol. The van der Waals surface area contributed by atoms with Crippen LogP contribution >= 0.6 is 0 Å². The van der Waals surface area contributed by atoms with Gasteiger partial charge in [-0.15, -0.1) is 0 Å². The summed E-state index contributed by atoms with van der Waals surface area (Å²) in [4.78, 5) is 21.0. The highest BCUT2D eigenvalue weighted by Gasteiger charge is 2.22. The van der Waals surface area contributed by atoms with Crippen molar-refractivity contribution >= 4 is 11.6 Å². The molecule has 19 heavy (non-hydrogen) atoms. The summed E-state index contributed by atoms with van der Waals surface area (Å²) in [5.41, 5.74) is 4.38. The van der Waals surface area contributed by atoms with Crippen LogP contribution in [0.2, 0.25) is 0 Å². The van der Waals surface area contributed by atoms with Crippen molar-refractivity contribution in [1.82, 2.24) is 0 Å². The summed E-state index contributed by atoms with van der Waals surface area (Å²) < 4.78 is 0. The molecular formula is C11H11N3O5. The zero-order valence-corrected chi connectivity index (χ0v) is 9.68. The number of non-ortho nitro benzene ring substituents is 1. The lowest BCUT2D eigenvalue weighted by molar-refractivity contribution is -0.385. The Kier molecular flexibility index (Phi) is 4.52. The standard InChI is InChI=1S/C11H11N3O5/c12-2-1-9(15)10(16)6-3-7(11(13)17)5-8(4-6)14(18)19/h3-5,9-10,15-16H,1H2,(H2,13,17). The number of nitro groups is 1. The molecular weight excluding hydrogens is 254 g/mol. The third kappa shape index (κ3) is 3.48. The van der Waals surface area contributed by atoms with Crippen LogP contribution in [0.4, 0.5) is 5.69 Å². The Morgan fingerprint density at radius 2 is 2.11 bits per heavy atom. The normalized spacial score (nSPS) is 13.3. The molecule has 0 bridgehead atoms. The van der Waals surface area contributed by atoms with Gasteiger partial charge in [0.2, 0.25) is 5.91 Å². The van der Waals surface area contributed by atoms with Crippen LogP contribution in [-0.4, -0.2) is 27.1 Å². The number of nitriles is 1. The van der Waals surface area contributed by atoms with Gasteiger partial charge in [0.25, 0.3) is 5.69 Å². The summed E-state index contributed by atoms with van der Waals surface area (Å²) in [6.07, 6.45) is -3.28. The van der Waals surface area contributed by atoms with Crippen molar-refractivity contribution in [3.63, 3.8) is 0 Å². The molecule has 0 saturated carbocycles. The highest BCUT2D eigenvalue weighted by Crippen LogP contribution is 2.25. The van der Waals surface area contributed by atoms with Crippen LogP contribution in [-0.2, 0) is 0 Å². The van der Waals surface area contributed by atoms with E-state index in [1.807, 2.05) is 0 Å². The zero-order valence-electron chi connectivity index (χ0n) is 9.68. The monoisotopic (exact) mass is 265 g/mol. The number of hydrogen-bond acceptors (Lipinski definition) is 6. The zero-order chi connectivity index (χ0) is 14.6. The first-order chi connectivity index (χ1) is 8.86. The number of amides is 1. The van der Waals surface area contributed by atoms with Crippen molar-refractivity contribution in [1.29, 1.82) is 5.26 Å². The number of carbonyl (C=O) groups excluding carboxylic acids is 1. The van der Waals surface area contributed by atoms with Crippen molar-refractivity contribution in [3.05, 3.63) is 39.4 Å². The lowest BCUT2D eigenvalue weighted by Gasteiger charge is -2.15. The molecule has 0 fully saturated rings. The summed E-state index contributed by atoms with van der Waals surface area (Å²) in [5.74, 6) is -0.896. The number of carbonyl (C=O) groups is 1. The van der Waals surface area contributed by atoms with Crippen LogP contribution < -0.4 is 5.73 Å². The SMILES string of the molecule is N#CCC(O)C(O)c1cc(C(N)=O)cc([N+](=O)[O-])c1. The van der Waals surface area contributed by atoms with Crippen LogP contribution in [0.3, 0.4) is 0 Å². The smallest absolute Gasteiger partial charge is 0.270 e. The second-order valence-corrected chi connectivity index (χ2v) is 3.81. The van der Waals surface area contributed by atoms with E-state index < -0.39 is 28.7 Å². The molecule has 0 aliphatic heterocycles. The first-order valence-corrected chi connectivity index (χ1v) is 5.19. The highest BCUT2D eigenvalue weighted by molar-refractivity contribution is 5.93. The van der Waals surface area contributed by atoms with Crippen molar-refractivity contribution in [2.75, 3.05) is 0 Å². The van der Waals surface area contributed by atoms with Crippen LogP contribution in [0.25, 0.3) is 0 Å². The van der Waals surface area contributed by atoms with E-state index in [1.165, 1.54) is 0 Å². The van der Waals surface area contributed by atoms with Crippen LogP contribution in [0.5, 0.6) is 0 Å². The fourth-order valence-corrected chi connectivity index (χ4v) is 1.48. The van der Waals surface area contributed by atoms with Crippen LogP contribution in [0.1, 0.15) is 28.4 Å². The van der Waals surface area contributed by atoms with Gasteiger partial charge in [-0.25, -0.2) is 0 Å². The van der Waals surface area contributed by atoms with E-state index in [1.54, 1.807) is 6.07 Å². The van der Waals surface area contributed by atoms with E-state index in [0.717, 1.165) is 18.2 Å².